The summed E-state index contributed by atoms with van der Waals surface area (Å²) >= 11 is 17.7. The highest BCUT2D eigenvalue weighted by atomic mass is 35.5. The van der Waals surface area contributed by atoms with Gasteiger partial charge in [0.1, 0.15) is 12.4 Å². The maximum atomic E-state index is 6.10. The Hall–Kier alpha value is -0.890. The molecular weight excluding hydrogens is 291 g/mol. The number of benzene rings is 2. The maximum absolute atomic E-state index is 6.10. The van der Waals surface area contributed by atoms with Crippen LogP contribution in [0.25, 0.3) is 0 Å². The molecule has 18 heavy (non-hydrogen) atoms. The number of hydrogen-bond acceptors (Lipinski definition) is 1. The highest BCUT2D eigenvalue weighted by Crippen LogP contribution is 2.27. The van der Waals surface area contributed by atoms with Crippen LogP contribution in [0.2, 0.25) is 10.0 Å². The Labute approximate surface area is 121 Å². The van der Waals surface area contributed by atoms with Crippen LogP contribution in [0.1, 0.15) is 11.1 Å². The van der Waals surface area contributed by atoms with Crippen molar-refractivity contribution in [3.63, 3.8) is 0 Å². The van der Waals surface area contributed by atoms with E-state index in [0.717, 1.165) is 11.1 Å². The van der Waals surface area contributed by atoms with Gasteiger partial charge in [0.25, 0.3) is 0 Å². The third kappa shape index (κ3) is 3.55. The molecular formula is C14H11Cl3O. The summed E-state index contributed by atoms with van der Waals surface area (Å²) in [5.74, 6) is 1.08. The SMILES string of the molecule is ClCc1ccc(OCc2cccc(Cl)c2)c(Cl)c1. The van der Waals surface area contributed by atoms with Crippen molar-refractivity contribution in [2.45, 2.75) is 12.5 Å². The van der Waals surface area contributed by atoms with Gasteiger partial charge in [-0.15, -0.1) is 11.6 Å². The summed E-state index contributed by atoms with van der Waals surface area (Å²) in [6.07, 6.45) is 0. The number of ether oxygens (including phenoxy) is 1. The molecule has 0 N–H and O–H groups in total. The van der Waals surface area contributed by atoms with E-state index in [1.54, 1.807) is 0 Å². The van der Waals surface area contributed by atoms with Crippen LogP contribution in [0, 0.1) is 0 Å². The zero-order valence-corrected chi connectivity index (χ0v) is 11.8. The topological polar surface area (TPSA) is 9.23 Å². The van der Waals surface area contributed by atoms with Crippen molar-refractivity contribution in [3.05, 3.63) is 63.6 Å². The molecule has 0 spiro atoms. The highest BCUT2D eigenvalue weighted by Gasteiger charge is 2.03. The Bertz CT molecular complexity index is 540. The van der Waals surface area contributed by atoms with Crippen molar-refractivity contribution in [3.8, 4) is 5.75 Å². The van der Waals surface area contributed by atoms with E-state index in [-0.39, 0.29) is 0 Å². The minimum Gasteiger partial charge on any atom is -0.487 e. The first-order valence-corrected chi connectivity index (χ1v) is 6.69. The summed E-state index contributed by atoms with van der Waals surface area (Å²) in [7, 11) is 0. The summed E-state index contributed by atoms with van der Waals surface area (Å²) in [6.45, 7) is 0.431. The van der Waals surface area contributed by atoms with Crippen molar-refractivity contribution in [1.29, 1.82) is 0 Å². The lowest BCUT2D eigenvalue weighted by Crippen LogP contribution is -1.96. The molecule has 1 nitrogen and oxygen atoms in total. The zero-order valence-electron chi connectivity index (χ0n) is 9.50. The Morgan fingerprint density at radius 1 is 0.944 bits per heavy atom. The second-order valence-electron chi connectivity index (χ2n) is 3.82. The molecule has 0 unspecified atom stereocenters. The summed E-state index contributed by atoms with van der Waals surface area (Å²) < 4.78 is 5.64. The lowest BCUT2D eigenvalue weighted by molar-refractivity contribution is 0.306. The van der Waals surface area contributed by atoms with E-state index >= 15 is 0 Å². The molecule has 2 aromatic rings. The number of halogens is 3. The van der Waals surface area contributed by atoms with Crippen molar-refractivity contribution in [2.24, 2.45) is 0 Å². The lowest BCUT2D eigenvalue weighted by Gasteiger charge is -2.09. The van der Waals surface area contributed by atoms with Crippen LogP contribution >= 0.6 is 34.8 Å². The molecule has 0 radical (unpaired) electrons. The van der Waals surface area contributed by atoms with E-state index in [4.69, 9.17) is 39.5 Å². The fourth-order valence-corrected chi connectivity index (χ4v) is 2.17. The zero-order chi connectivity index (χ0) is 13.0. The van der Waals surface area contributed by atoms with E-state index < -0.39 is 0 Å². The molecule has 0 saturated heterocycles. The minimum atomic E-state index is 0.431. The standard InChI is InChI=1S/C14H11Cl3O/c15-8-10-4-5-14(13(17)7-10)18-9-11-2-1-3-12(16)6-11/h1-7H,8-9H2. The summed E-state index contributed by atoms with van der Waals surface area (Å²) in [5, 5.41) is 1.26. The maximum Gasteiger partial charge on any atom is 0.138 e. The largest absolute Gasteiger partial charge is 0.487 e. The second-order valence-corrected chi connectivity index (χ2v) is 4.93. The van der Waals surface area contributed by atoms with Crippen LogP contribution in [0.5, 0.6) is 5.75 Å². The van der Waals surface area contributed by atoms with Gasteiger partial charge in [-0.3, -0.25) is 0 Å². The van der Waals surface area contributed by atoms with E-state index in [1.807, 2.05) is 42.5 Å². The van der Waals surface area contributed by atoms with Crippen LogP contribution in [-0.4, -0.2) is 0 Å². The first-order chi connectivity index (χ1) is 8.69. The van der Waals surface area contributed by atoms with Crippen molar-refractivity contribution < 1.29 is 4.74 Å². The average Bonchev–Trinajstić information content (AvgIpc) is 2.37. The predicted molar refractivity (Wildman–Crippen MR) is 76.8 cm³/mol. The second kappa shape index (κ2) is 6.33. The van der Waals surface area contributed by atoms with Crippen LogP contribution in [0.3, 0.4) is 0 Å². The van der Waals surface area contributed by atoms with Gasteiger partial charge < -0.3 is 4.74 Å². The summed E-state index contributed by atoms with van der Waals surface area (Å²) in [5.41, 5.74) is 1.97. The highest BCUT2D eigenvalue weighted by molar-refractivity contribution is 6.32. The van der Waals surface area contributed by atoms with Crippen LogP contribution in [0.15, 0.2) is 42.5 Å². The minimum absolute atomic E-state index is 0.431. The van der Waals surface area contributed by atoms with Crippen molar-refractivity contribution in [2.75, 3.05) is 0 Å². The first kappa shape index (κ1) is 13.5. The number of rotatable bonds is 4. The average molecular weight is 302 g/mol. The normalized spacial score (nSPS) is 10.4. The molecule has 94 valence electrons. The van der Waals surface area contributed by atoms with Crippen LogP contribution < -0.4 is 4.74 Å². The molecule has 4 heteroatoms. The van der Waals surface area contributed by atoms with E-state index in [0.29, 0.717) is 28.3 Å². The predicted octanol–water partition coefficient (Wildman–Crippen LogP) is 5.31. The molecule has 0 aromatic heterocycles. The quantitative estimate of drug-likeness (QED) is 0.695. The Morgan fingerprint density at radius 3 is 2.44 bits per heavy atom. The molecule has 0 atom stereocenters. The number of hydrogen-bond donors (Lipinski definition) is 0. The Balaban J connectivity index is 2.06. The van der Waals surface area contributed by atoms with Gasteiger partial charge in [-0.25, -0.2) is 0 Å². The Morgan fingerprint density at radius 2 is 1.78 bits per heavy atom. The molecule has 0 heterocycles. The van der Waals surface area contributed by atoms with Gasteiger partial charge in [0.2, 0.25) is 0 Å². The van der Waals surface area contributed by atoms with Gasteiger partial charge in [0.15, 0.2) is 0 Å². The third-order valence-corrected chi connectivity index (χ3v) is 3.27. The van der Waals surface area contributed by atoms with Crippen molar-refractivity contribution in [1.82, 2.24) is 0 Å². The molecule has 0 aliphatic carbocycles. The van der Waals surface area contributed by atoms with Crippen LogP contribution in [-0.2, 0) is 12.5 Å². The Kier molecular flexibility index (Phi) is 4.76. The third-order valence-electron chi connectivity index (χ3n) is 2.43. The summed E-state index contributed by atoms with van der Waals surface area (Å²) in [6, 6.07) is 13.1. The van der Waals surface area contributed by atoms with E-state index in [1.165, 1.54) is 0 Å². The van der Waals surface area contributed by atoms with Gasteiger partial charge in [-0.05, 0) is 35.4 Å². The van der Waals surface area contributed by atoms with Gasteiger partial charge in [-0.2, -0.15) is 0 Å². The molecule has 0 amide bonds. The first-order valence-electron chi connectivity index (χ1n) is 5.40. The van der Waals surface area contributed by atoms with E-state index in [2.05, 4.69) is 0 Å². The van der Waals surface area contributed by atoms with Crippen LogP contribution in [0.4, 0.5) is 0 Å². The molecule has 2 rings (SSSR count). The molecule has 0 aliphatic heterocycles. The van der Waals surface area contributed by atoms with Gasteiger partial charge in [0.05, 0.1) is 5.02 Å². The number of alkyl halides is 1. The molecule has 0 aliphatic rings. The van der Waals surface area contributed by atoms with E-state index in [9.17, 15) is 0 Å². The van der Waals surface area contributed by atoms with Gasteiger partial charge in [0, 0.05) is 10.9 Å². The lowest BCUT2D eigenvalue weighted by atomic mass is 10.2. The van der Waals surface area contributed by atoms with Gasteiger partial charge >= 0.3 is 0 Å². The fraction of sp³-hybridized carbons (Fsp3) is 0.143. The molecule has 0 saturated carbocycles. The van der Waals surface area contributed by atoms with Gasteiger partial charge in [-0.1, -0.05) is 41.4 Å². The monoisotopic (exact) mass is 300 g/mol. The smallest absolute Gasteiger partial charge is 0.138 e. The van der Waals surface area contributed by atoms with Crippen molar-refractivity contribution >= 4 is 34.8 Å². The molecule has 2 aromatic carbocycles. The summed E-state index contributed by atoms with van der Waals surface area (Å²) in [4.78, 5) is 0. The fourth-order valence-electron chi connectivity index (χ4n) is 1.53. The molecule has 0 bridgehead atoms. The molecule has 0 fully saturated rings.